The first-order chi connectivity index (χ1) is 8.04. The molecule has 0 aliphatic carbocycles. The van der Waals surface area contributed by atoms with Crippen LogP contribution in [-0.2, 0) is 9.59 Å². The molecule has 0 atom stereocenters. The largest absolute Gasteiger partial charge is 0.496 e. The minimum atomic E-state index is -0.294. The van der Waals surface area contributed by atoms with Gasteiger partial charge in [0, 0.05) is 11.6 Å². The van der Waals surface area contributed by atoms with E-state index < -0.39 is 0 Å². The number of aryl methyl sites for hydroxylation is 1. The number of methoxy groups -OCH3 is 1. The third-order valence-corrected chi connectivity index (χ3v) is 2.74. The Morgan fingerprint density at radius 2 is 1.88 bits per heavy atom. The molecule has 88 valence electrons. The van der Waals surface area contributed by atoms with Crippen LogP contribution < -0.4 is 9.64 Å². The molecule has 0 saturated carbocycles. The maximum atomic E-state index is 11.8. The second-order valence-corrected chi connectivity index (χ2v) is 3.96. The molecule has 1 aliphatic heterocycles. The first-order valence-electron chi connectivity index (χ1n) is 5.26. The van der Waals surface area contributed by atoms with E-state index in [4.69, 9.17) is 4.74 Å². The van der Waals surface area contributed by atoms with Crippen LogP contribution in [0.25, 0.3) is 0 Å². The Bertz CT molecular complexity index is 531. The van der Waals surface area contributed by atoms with E-state index in [9.17, 15) is 9.59 Å². The minimum absolute atomic E-state index is 0.264. The van der Waals surface area contributed by atoms with Gasteiger partial charge in [0.25, 0.3) is 11.8 Å². The van der Waals surface area contributed by atoms with E-state index in [0.29, 0.717) is 11.3 Å². The fraction of sp³-hybridized carbons (Fsp3) is 0.231. The normalized spacial score (nSPS) is 15.2. The molecule has 4 nitrogen and oxygen atoms in total. The number of anilines is 1. The van der Waals surface area contributed by atoms with Crippen LogP contribution in [0.2, 0.25) is 0 Å². The SMILES string of the molecule is COc1ccc(N2C(=O)C=C(C)C2=O)cc1C. The van der Waals surface area contributed by atoms with E-state index >= 15 is 0 Å². The molecule has 0 bridgehead atoms. The minimum Gasteiger partial charge on any atom is -0.496 e. The van der Waals surface area contributed by atoms with Gasteiger partial charge in [0.05, 0.1) is 12.8 Å². The first-order valence-corrected chi connectivity index (χ1v) is 5.26. The van der Waals surface area contributed by atoms with Gasteiger partial charge in [0.1, 0.15) is 5.75 Å². The molecule has 0 fully saturated rings. The fourth-order valence-electron chi connectivity index (χ4n) is 1.83. The molecule has 1 aromatic rings. The quantitative estimate of drug-likeness (QED) is 0.729. The maximum absolute atomic E-state index is 11.8. The maximum Gasteiger partial charge on any atom is 0.261 e. The summed E-state index contributed by atoms with van der Waals surface area (Å²) in [5.74, 6) is 0.175. The van der Waals surface area contributed by atoms with Gasteiger partial charge in [0.2, 0.25) is 0 Å². The van der Waals surface area contributed by atoms with Crippen LogP contribution in [-0.4, -0.2) is 18.9 Å². The van der Waals surface area contributed by atoms with Gasteiger partial charge in [-0.3, -0.25) is 9.59 Å². The molecule has 0 aromatic heterocycles. The number of nitrogens with zero attached hydrogens (tertiary/aromatic N) is 1. The van der Waals surface area contributed by atoms with Crippen molar-refractivity contribution < 1.29 is 14.3 Å². The molecule has 0 unspecified atom stereocenters. The Hall–Kier alpha value is -2.10. The van der Waals surface area contributed by atoms with E-state index in [1.807, 2.05) is 6.92 Å². The van der Waals surface area contributed by atoms with Gasteiger partial charge in [0.15, 0.2) is 0 Å². The lowest BCUT2D eigenvalue weighted by molar-refractivity contribution is -0.120. The molecular formula is C13H13NO3. The third kappa shape index (κ3) is 1.82. The van der Waals surface area contributed by atoms with Crippen LogP contribution in [0.4, 0.5) is 5.69 Å². The van der Waals surface area contributed by atoms with E-state index in [0.717, 1.165) is 11.3 Å². The Morgan fingerprint density at radius 1 is 1.18 bits per heavy atom. The zero-order valence-corrected chi connectivity index (χ0v) is 9.98. The van der Waals surface area contributed by atoms with Crippen molar-refractivity contribution in [1.82, 2.24) is 0 Å². The van der Waals surface area contributed by atoms with Crippen LogP contribution in [0.1, 0.15) is 12.5 Å². The molecule has 2 rings (SSSR count). The van der Waals surface area contributed by atoms with Gasteiger partial charge in [-0.05, 0) is 37.6 Å². The monoisotopic (exact) mass is 231 g/mol. The van der Waals surface area contributed by atoms with Gasteiger partial charge in [-0.1, -0.05) is 0 Å². The number of rotatable bonds is 2. The van der Waals surface area contributed by atoms with Crippen LogP contribution in [0.5, 0.6) is 5.75 Å². The number of carbonyl (C=O) groups excluding carboxylic acids is 2. The molecule has 17 heavy (non-hydrogen) atoms. The van der Waals surface area contributed by atoms with Gasteiger partial charge in [-0.25, -0.2) is 4.90 Å². The summed E-state index contributed by atoms with van der Waals surface area (Å²) in [6, 6.07) is 5.22. The summed E-state index contributed by atoms with van der Waals surface area (Å²) in [6.07, 6.45) is 1.35. The Balaban J connectivity index is 2.40. The summed E-state index contributed by atoms with van der Waals surface area (Å²) in [5.41, 5.74) is 1.92. The highest BCUT2D eigenvalue weighted by atomic mass is 16.5. The number of hydrogen-bond donors (Lipinski definition) is 0. The van der Waals surface area contributed by atoms with Crippen molar-refractivity contribution in [3.05, 3.63) is 35.4 Å². The highest BCUT2D eigenvalue weighted by Gasteiger charge is 2.29. The summed E-state index contributed by atoms with van der Waals surface area (Å²) < 4.78 is 5.14. The van der Waals surface area contributed by atoms with Crippen molar-refractivity contribution >= 4 is 17.5 Å². The van der Waals surface area contributed by atoms with Crippen molar-refractivity contribution in [2.75, 3.05) is 12.0 Å². The van der Waals surface area contributed by atoms with Crippen molar-refractivity contribution in [3.63, 3.8) is 0 Å². The summed E-state index contributed by atoms with van der Waals surface area (Å²) in [5, 5.41) is 0. The van der Waals surface area contributed by atoms with Crippen LogP contribution in [0.15, 0.2) is 29.8 Å². The smallest absolute Gasteiger partial charge is 0.261 e. The fourth-order valence-corrected chi connectivity index (χ4v) is 1.83. The molecule has 0 saturated heterocycles. The average molecular weight is 231 g/mol. The van der Waals surface area contributed by atoms with E-state index in [-0.39, 0.29) is 11.8 Å². The highest BCUT2D eigenvalue weighted by molar-refractivity contribution is 6.30. The number of benzene rings is 1. The Labute approximate surface area is 99.5 Å². The molecule has 0 N–H and O–H groups in total. The Morgan fingerprint density at radius 3 is 2.35 bits per heavy atom. The second-order valence-electron chi connectivity index (χ2n) is 3.96. The van der Waals surface area contributed by atoms with E-state index in [1.165, 1.54) is 11.0 Å². The first kappa shape index (κ1) is 11.4. The number of ether oxygens (including phenoxy) is 1. The summed E-state index contributed by atoms with van der Waals surface area (Å²) in [6.45, 7) is 3.50. The molecule has 1 aliphatic rings. The molecule has 2 amide bonds. The van der Waals surface area contributed by atoms with Crippen molar-refractivity contribution in [2.24, 2.45) is 0 Å². The molecule has 4 heteroatoms. The summed E-state index contributed by atoms with van der Waals surface area (Å²) in [4.78, 5) is 24.6. The lowest BCUT2D eigenvalue weighted by Crippen LogP contribution is -2.30. The van der Waals surface area contributed by atoms with Crippen LogP contribution in [0, 0.1) is 6.92 Å². The number of amides is 2. The van der Waals surface area contributed by atoms with Crippen molar-refractivity contribution in [1.29, 1.82) is 0 Å². The zero-order chi connectivity index (χ0) is 12.6. The van der Waals surface area contributed by atoms with Gasteiger partial charge in [-0.2, -0.15) is 0 Å². The predicted octanol–water partition coefficient (Wildman–Crippen LogP) is 1.82. The van der Waals surface area contributed by atoms with E-state index in [2.05, 4.69) is 0 Å². The average Bonchev–Trinajstić information content (AvgIpc) is 2.53. The standard InChI is InChI=1S/C13H13NO3/c1-8-6-10(4-5-11(8)17-3)14-12(15)7-9(2)13(14)16/h4-7H,1-3H3. The van der Waals surface area contributed by atoms with Gasteiger partial charge >= 0.3 is 0 Å². The lowest BCUT2D eigenvalue weighted by Gasteiger charge is -2.16. The van der Waals surface area contributed by atoms with Gasteiger partial charge in [-0.15, -0.1) is 0 Å². The summed E-state index contributed by atoms with van der Waals surface area (Å²) in [7, 11) is 1.58. The number of hydrogen-bond acceptors (Lipinski definition) is 3. The topological polar surface area (TPSA) is 46.6 Å². The molecular weight excluding hydrogens is 218 g/mol. The zero-order valence-electron chi connectivity index (χ0n) is 9.98. The van der Waals surface area contributed by atoms with Gasteiger partial charge < -0.3 is 4.74 Å². The van der Waals surface area contributed by atoms with Crippen LogP contribution >= 0.6 is 0 Å². The second kappa shape index (κ2) is 4.05. The summed E-state index contributed by atoms with van der Waals surface area (Å²) >= 11 is 0. The lowest BCUT2D eigenvalue weighted by atomic mass is 10.2. The van der Waals surface area contributed by atoms with E-state index in [1.54, 1.807) is 32.2 Å². The Kier molecular flexibility index (Phi) is 2.71. The number of imide groups is 1. The molecule has 1 heterocycles. The molecule has 0 spiro atoms. The predicted molar refractivity (Wildman–Crippen MR) is 64.0 cm³/mol. The van der Waals surface area contributed by atoms with Crippen molar-refractivity contribution in [3.8, 4) is 5.75 Å². The molecule has 1 aromatic carbocycles. The number of carbonyl (C=O) groups is 2. The van der Waals surface area contributed by atoms with Crippen LogP contribution in [0.3, 0.4) is 0 Å². The van der Waals surface area contributed by atoms with Crippen molar-refractivity contribution in [2.45, 2.75) is 13.8 Å². The third-order valence-electron chi connectivity index (χ3n) is 2.74. The molecule has 0 radical (unpaired) electrons. The highest BCUT2D eigenvalue weighted by Crippen LogP contribution is 2.27.